The van der Waals surface area contributed by atoms with E-state index in [1.54, 1.807) is 11.8 Å². The van der Waals surface area contributed by atoms with E-state index in [1.807, 2.05) is 11.6 Å². The first kappa shape index (κ1) is 17.9. The van der Waals surface area contributed by atoms with Crippen LogP contribution in [0.25, 0.3) is 5.69 Å². The van der Waals surface area contributed by atoms with Gasteiger partial charge in [0.1, 0.15) is 5.82 Å². The molecule has 1 aliphatic heterocycles. The highest BCUT2D eigenvalue weighted by Crippen LogP contribution is 2.44. The van der Waals surface area contributed by atoms with Crippen LogP contribution in [-0.4, -0.2) is 21.4 Å². The molecule has 2 aromatic carbocycles. The standard InChI is InChI=1S/C22H23N3OS/c1-4-16-9-11-17(12-10-16)25-22-20(15(3)24-25)21(27-13-19(26)23-22)18-8-6-5-7-14(18)2/h5-12,21H,4,13H2,1-3H3,(H,23,26)/t21-/m1/s1. The van der Waals surface area contributed by atoms with Gasteiger partial charge >= 0.3 is 0 Å². The molecule has 0 spiro atoms. The summed E-state index contributed by atoms with van der Waals surface area (Å²) in [6, 6.07) is 16.8. The number of fused-ring (bicyclic) bond motifs is 1. The van der Waals surface area contributed by atoms with Crippen molar-refractivity contribution in [3.05, 3.63) is 76.5 Å². The van der Waals surface area contributed by atoms with Crippen molar-refractivity contribution in [3.63, 3.8) is 0 Å². The van der Waals surface area contributed by atoms with Gasteiger partial charge in [-0.3, -0.25) is 4.79 Å². The van der Waals surface area contributed by atoms with E-state index in [9.17, 15) is 4.79 Å². The SMILES string of the molecule is CCc1ccc(-n2nc(C)c3c2NC(=O)CS[C@@H]3c2ccccc2C)cc1. The normalized spacial score (nSPS) is 16.6. The number of nitrogens with one attached hydrogen (secondary N) is 1. The summed E-state index contributed by atoms with van der Waals surface area (Å²) in [5.74, 6) is 1.24. The van der Waals surface area contributed by atoms with E-state index in [0.29, 0.717) is 5.75 Å². The first-order chi connectivity index (χ1) is 13.1. The van der Waals surface area contributed by atoms with Crippen LogP contribution in [0, 0.1) is 13.8 Å². The number of rotatable bonds is 3. The van der Waals surface area contributed by atoms with E-state index in [0.717, 1.165) is 29.2 Å². The van der Waals surface area contributed by atoms with Crippen LogP contribution < -0.4 is 5.32 Å². The maximum absolute atomic E-state index is 12.4. The third kappa shape index (κ3) is 3.28. The van der Waals surface area contributed by atoms with Crippen molar-refractivity contribution >= 4 is 23.5 Å². The summed E-state index contributed by atoms with van der Waals surface area (Å²) in [4.78, 5) is 12.4. The van der Waals surface area contributed by atoms with E-state index in [-0.39, 0.29) is 11.2 Å². The molecule has 1 amide bonds. The number of aromatic nitrogens is 2. The molecule has 0 unspecified atom stereocenters. The van der Waals surface area contributed by atoms with Crippen LogP contribution >= 0.6 is 11.8 Å². The molecule has 0 aliphatic carbocycles. The van der Waals surface area contributed by atoms with Crippen LogP contribution in [0.3, 0.4) is 0 Å². The Hall–Kier alpha value is -2.53. The second-order valence-electron chi connectivity index (χ2n) is 6.88. The van der Waals surface area contributed by atoms with Crippen molar-refractivity contribution in [2.75, 3.05) is 11.1 Å². The van der Waals surface area contributed by atoms with Gasteiger partial charge in [0.2, 0.25) is 5.91 Å². The number of benzene rings is 2. The Bertz CT molecular complexity index is 991. The number of anilines is 1. The van der Waals surface area contributed by atoms with Gasteiger partial charge in [0.15, 0.2) is 0 Å². The van der Waals surface area contributed by atoms with E-state index >= 15 is 0 Å². The number of carbonyl (C=O) groups is 1. The van der Waals surface area contributed by atoms with E-state index in [4.69, 9.17) is 5.10 Å². The summed E-state index contributed by atoms with van der Waals surface area (Å²) in [6.45, 7) is 6.29. The lowest BCUT2D eigenvalue weighted by molar-refractivity contribution is -0.113. The minimum absolute atomic E-state index is 0.0173. The average molecular weight is 378 g/mol. The predicted octanol–water partition coefficient (Wildman–Crippen LogP) is 4.83. The smallest absolute Gasteiger partial charge is 0.235 e. The number of amides is 1. The van der Waals surface area contributed by atoms with Crippen LogP contribution in [0.4, 0.5) is 5.82 Å². The zero-order valence-electron chi connectivity index (χ0n) is 15.8. The molecule has 0 fully saturated rings. The highest BCUT2D eigenvalue weighted by molar-refractivity contribution is 8.00. The number of hydrogen-bond acceptors (Lipinski definition) is 3. The average Bonchev–Trinajstić information content (AvgIpc) is 2.88. The molecule has 0 radical (unpaired) electrons. The Morgan fingerprint density at radius 3 is 2.59 bits per heavy atom. The van der Waals surface area contributed by atoms with Crippen molar-refractivity contribution in [1.29, 1.82) is 0 Å². The third-order valence-electron chi connectivity index (χ3n) is 5.07. The summed E-state index contributed by atoms with van der Waals surface area (Å²) in [5.41, 5.74) is 6.77. The van der Waals surface area contributed by atoms with Gasteiger partial charge in [0, 0.05) is 5.56 Å². The van der Waals surface area contributed by atoms with Crippen molar-refractivity contribution in [2.45, 2.75) is 32.4 Å². The Morgan fingerprint density at radius 1 is 1.15 bits per heavy atom. The quantitative estimate of drug-likeness (QED) is 0.711. The molecule has 1 aromatic heterocycles. The monoisotopic (exact) mass is 377 g/mol. The lowest BCUT2D eigenvalue weighted by Gasteiger charge is -2.17. The van der Waals surface area contributed by atoms with E-state index in [2.05, 4.69) is 67.7 Å². The molecular formula is C22H23N3OS. The highest BCUT2D eigenvalue weighted by atomic mass is 32.2. The Kier molecular flexibility index (Phi) is 4.79. The fraction of sp³-hybridized carbons (Fsp3) is 0.273. The van der Waals surface area contributed by atoms with Crippen LogP contribution in [0.2, 0.25) is 0 Å². The molecule has 4 rings (SSSR count). The topological polar surface area (TPSA) is 46.9 Å². The van der Waals surface area contributed by atoms with Gasteiger partial charge in [0.05, 0.1) is 22.4 Å². The number of nitrogens with zero attached hydrogens (tertiary/aromatic N) is 2. The molecule has 138 valence electrons. The van der Waals surface area contributed by atoms with Crippen molar-refractivity contribution in [3.8, 4) is 5.69 Å². The molecule has 3 aromatic rings. The maximum atomic E-state index is 12.4. The molecular weight excluding hydrogens is 354 g/mol. The van der Waals surface area contributed by atoms with E-state index < -0.39 is 0 Å². The molecule has 4 nitrogen and oxygen atoms in total. The molecule has 1 N–H and O–H groups in total. The predicted molar refractivity (Wildman–Crippen MR) is 112 cm³/mol. The zero-order chi connectivity index (χ0) is 19.0. The summed E-state index contributed by atoms with van der Waals surface area (Å²) in [7, 11) is 0. The molecule has 5 heteroatoms. The summed E-state index contributed by atoms with van der Waals surface area (Å²) in [5, 5.41) is 7.97. The molecule has 0 saturated carbocycles. The lowest BCUT2D eigenvalue weighted by Crippen LogP contribution is -2.15. The largest absolute Gasteiger partial charge is 0.310 e. The first-order valence-electron chi connectivity index (χ1n) is 9.24. The van der Waals surface area contributed by atoms with Crippen LogP contribution in [0.15, 0.2) is 48.5 Å². The minimum Gasteiger partial charge on any atom is -0.310 e. The number of hydrogen-bond donors (Lipinski definition) is 1. The molecule has 27 heavy (non-hydrogen) atoms. The van der Waals surface area contributed by atoms with Gasteiger partial charge in [-0.2, -0.15) is 5.10 Å². The van der Waals surface area contributed by atoms with Gasteiger partial charge < -0.3 is 5.32 Å². The van der Waals surface area contributed by atoms with Crippen LogP contribution in [0.5, 0.6) is 0 Å². The van der Waals surface area contributed by atoms with Crippen LogP contribution in [-0.2, 0) is 11.2 Å². The minimum atomic E-state index is 0.0173. The first-order valence-corrected chi connectivity index (χ1v) is 10.3. The van der Waals surface area contributed by atoms with Gasteiger partial charge in [0.25, 0.3) is 0 Å². The molecule has 0 bridgehead atoms. The summed E-state index contributed by atoms with van der Waals surface area (Å²) >= 11 is 1.67. The number of carbonyl (C=O) groups excluding carboxylic acids is 1. The Morgan fingerprint density at radius 2 is 1.89 bits per heavy atom. The van der Waals surface area contributed by atoms with Crippen molar-refractivity contribution in [2.24, 2.45) is 0 Å². The fourth-order valence-corrected chi connectivity index (χ4v) is 4.85. The van der Waals surface area contributed by atoms with E-state index in [1.165, 1.54) is 16.7 Å². The molecule has 2 heterocycles. The van der Waals surface area contributed by atoms with Gasteiger partial charge in [-0.25, -0.2) is 4.68 Å². The summed E-state index contributed by atoms with van der Waals surface area (Å²) < 4.78 is 1.87. The Balaban J connectivity index is 1.87. The number of thioether (sulfide) groups is 1. The van der Waals surface area contributed by atoms with Gasteiger partial charge in [-0.15, -0.1) is 11.8 Å². The lowest BCUT2D eigenvalue weighted by atomic mass is 10.00. The molecule has 0 saturated heterocycles. The van der Waals surface area contributed by atoms with Crippen molar-refractivity contribution in [1.82, 2.24) is 9.78 Å². The third-order valence-corrected chi connectivity index (χ3v) is 6.32. The van der Waals surface area contributed by atoms with Crippen LogP contribution in [0.1, 0.15) is 40.1 Å². The zero-order valence-corrected chi connectivity index (χ0v) is 16.6. The second-order valence-corrected chi connectivity index (χ2v) is 7.97. The second kappa shape index (κ2) is 7.24. The molecule has 1 aliphatic rings. The highest BCUT2D eigenvalue weighted by Gasteiger charge is 2.31. The van der Waals surface area contributed by atoms with Crippen molar-refractivity contribution < 1.29 is 4.79 Å². The summed E-state index contributed by atoms with van der Waals surface area (Å²) in [6.07, 6.45) is 0.999. The van der Waals surface area contributed by atoms with Gasteiger partial charge in [-0.05, 0) is 49.1 Å². The maximum Gasteiger partial charge on any atom is 0.235 e. The fourth-order valence-electron chi connectivity index (χ4n) is 3.57. The Labute approximate surface area is 164 Å². The molecule has 1 atom stereocenters. The van der Waals surface area contributed by atoms with Gasteiger partial charge in [-0.1, -0.05) is 43.3 Å². The number of aryl methyl sites for hydroxylation is 3.